The van der Waals surface area contributed by atoms with Crippen LogP contribution in [0.5, 0.6) is 0 Å². The molecule has 2 aliphatic heterocycles. The van der Waals surface area contributed by atoms with E-state index in [4.69, 9.17) is 9.47 Å². The van der Waals surface area contributed by atoms with E-state index in [9.17, 15) is 19.8 Å². The van der Waals surface area contributed by atoms with Gasteiger partial charge in [0, 0.05) is 30.9 Å². The van der Waals surface area contributed by atoms with Crippen LogP contribution in [-0.2, 0) is 26.1 Å². The van der Waals surface area contributed by atoms with Gasteiger partial charge in [0.15, 0.2) is 5.78 Å². The minimum Gasteiger partial charge on any atom is -0.458 e. The van der Waals surface area contributed by atoms with Crippen LogP contribution in [0.4, 0.5) is 0 Å². The van der Waals surface area contributed by atoms with Crippen LogP contribution < -0.4 is 0 Å². The van der Waals surface area contributed by atoms with Gasteiger partial charge >= 0.3 is 5.97 Å². The van der Waals surface area contributed by atoms with Gasteiger partial charge in [-0.05, 0) is 76.6 Å². The van der Waals surface area contributed by atoms with Crippen molar-refractivity contribution in [3.05, 3.63) is 32.3 Å². The molecule has 1 saturated heterocycles. The Morgan fingerprint density at radius 2 is 2.03 bits per heavy atom. The van der Waals surface area contributed by atoms with Crippen LogP contribution >= 0.6 is 31.9 Å². The largest absolute Gasteiger partial charge is 0.458 e. The minimum atomic E-state index is -1.27. The van der Waals surface area contributed by atoms with Crippen LogP contribution in [0, 0.1) is 11.8 Å². The average Bonchev–Trinajstić information content (AvgIpc) is 3.37. The van der Waals surface area contributed by atoms with Crippen LogP contribution in [0.2, 0.25) is 0 Å². The standard InChI is InChI=1S/C25H32Br2N2O6/c1-12(8-19-28-23(26)24(27)29(19)4)17-11-18-25(3,35-18)7-5-6-14-9-15(16(30)10-20(31)34-17)22(33)13(2)21(14)32/h8-9,13-14,16-18,21,30,32H,5-7,10-11H2,1-4H3/b12-8+/t13-,14-,16+,17+,18+,21-,25-/m1/s1. The van der Waals surface area contributed by atoms with E-state index in [2.05, 4.69) is 43.8 Å². The van der Waals surface area contributed by atoms with Crippen molar-refractivity contribution in [2.75, 3.05) is 0 Å². The number of halogens is 2. The van der Waals surface area contributed by atoms with E-state index in [0.717, 1.165) is 23.0 Å². The number of ketones is 1. The van der Waals surface area contributed by atoms with Crippen LogP contribution in [0.25, 0.3) is 6.08 Å². The summed E-state index contributed by atoms with van der Waals surface area (Å²) in [5.74, 6) is -1.11. The number of aliphatic hydroxyl groups is 2. The van der Waals surface area contributed by atoms with Gasteiger partial charge in [-0.25, -0.2) is 4.98 Å². The molecule has 8 nitrogen and oxygen atoms in total. The molecule has 0 radical (unpaired) electrons. The Labute approximate surface area is 222 Å². The molecule has 7 atom stereocenters. The molecular weight excluding hydrogens is 584 g/mol. The molecule has 1 aromatic heterocycles. The summed E-state index contributed by atoms with van der Waals surface area (Å²) in [4.78, 5) is 30.1. The van der Waals surface area contributed by atoms with Gasteiger partial charge in [0.2, 0.25) is 0 Å². The summed E-state index contributed by atoms with van der Waals surface area (Å²) in [6.07, 6.45) is 3.24. The molecule has 0 saturated carbocycles. The van der Waals surface area contributed by atoms with E-state index >= 15 is 0 Å². The number of rotatable bonds is 2. The number of Topliss-reactive ketones (excluding diaryl/α,β-unsaturated/α-hetero) is 1. The maximum Gasteiger partial charge on any atom is 0.309 e. The molecule has 192 valence electrons. The number of nitrogens with zero attached hydrogens (tertiary/aromatic N) is 2. The van der Waals surface area contributed by atoms with Crippen molar-refractivity contribution < 1.29 is 29.3 Å². The van der Waals surface area contributed by atoms with Crippen molar-refractivity contribution >= 4 is 49.7 Å². The summed E-state index contributed by atoms with van der Waals surface area (Å²) in [7, 11) is 1.87. The van der Waals surface area contributed by atoms with Gasteiger partial charge in [-0.2, -0.15) is 0 Å². The zero-order chi connectivity index (χ0) is 25.7. The third kappa shape index (κ3) is 5.51. The van der Waals surface area contributed by atoms with E-state index in [1.165, 1.54) is 0 Å². The molecule has 0 unspecified atom stereocenters. The number of imidazole rings is 1. The number of carbonyl (C=O) groups is 2. The van der Waals surface area contributed by atoms with Gasteiger partial charge < -0.3 is 24.3 Å². The Kier molecular flexibility index (Phi) is 7.79. The minimum absolute atomic E-state index is 0.0701. The van der Waals surface area contributed by atoms with Gasteiger partial charge in [0.25, 0.3) is 0 Å². The van der Waals surface area contributed by atoms with Crippen LogP contribution in [0.3, 0.4) is 0 Å². The van der Waals surface area contributed by atoms with Crippen molar-refractivity contribution in [3.8, 4) is 0 Å². The molecule has 1 aromatic rings. The third-order valence-corrected chi connectivity index (χ3v) is 9.59. The highest BCUT2D eigenvalue weighted by molar-refractivity contribution is 9.13. The normalized spacial score (nSPS) is 36.7. The molecular formula is C25H32Br2N2O6. The second-order valence-electron chi connectivity index (χ2n) is 10.2. The molecule has 2 bridgehead atoms. The highest BCUT2D eigenvalue weighted by atomic mass is 79.9. The lowest BCUT2D eigenvalue weighted by atomic mass is 9.75. The lowest BCUT2D eigenvalue weighted by Crippen LogP contribution is -2.40. The first kappa shape index (κ1) is 26.7. The third-order valence-electron chi connectivity index (χ3n) is 7.60. The fourth-order valence-corrected chi connectivity index (χ4v) is 5.83. The molecule has 2 N–H and O–H groups in total. The summed E-state index contributed by atoms with van der Waals surface area (Å²) < 4.78 is 15.2. The van der Waals surface area contributed by atoms with Gasteiger partial charge in [0.1, 0.15) is 21.1 Å². The van der Waals surface area contributed by atoms with E-state index in [-0.39, 0.29) is 35.4 Å². The Morgan fingerprint density at radius 1 is 1.31 bits per heavy atom. The second kappa shape index (κ2) is 10.2. The van der Waals surface area contributed by atoms with Crippen molar-refractivity contribution in [1.82, 2.24) is 9.55 Å². The lowest BCUT2D eigenvalue weighted by molar-refractivity contribution is -0.149. The first-order valence-corrected chi connectivity index (χ1v) is 13.5. The molecule has 0 aromatic carbocycles. The zero-order valence-electron chi connectivity index (χ0n) is 20.3. The highest BCUT2D eigenvalue weighted by Crippen LogP contribution is 2.45. The van der Waals surface area contributed by atoms with Crippen molar-refractivity contribution in [2.24, 2.45) is 18.9 Å². The fourth-order valence-electron chi connectivity index (χ4n) is 5.11. The SMILES string of the molecule is C/C(=C\c1nc(Br)c(Br)n1C)[C@@H]1C[C@@H]2O[C@]2(C)CCC[C@@H]2C=C(C(=O)[C@H](C)[C@H]2O)[C@@H](O)CC(=O)O1. The maximum absolute atomic E-state index is 12.9. The number of aliphatic hydroxyl groups excluding tert-OH is 2. The first-order chi connectivity index (χ1) is 16.4. The lowest BCUT2D eigenvalue weighted by Gasteiger charge is -2.32. The predicted molar refractivity (Wildman–Crippen MR) is 136 cm³/mol. The maximum atomic E-state index is 12.9. The first-order valence-electron chi connectivity index (χ1n) is 12.0. The van der Waals surface area contributed by atoms with Crippen molar-refractivity contribution in [2.45, 2.75) is 82.9 Å². The monoisotopic (exact) mass is 614 g/mol. The Balaban J connectivity index is 1.61. The van der Waals surface area contributed by atoms with Gasteiger partial charge in [-0.15, -0.1) is 0 Å². The fraction of sp³-hybridized carbons (Fsp3) is 0.640. The zero-order valence-corrected chi connectivity index (χ0v) is 23.5. The second-order valence-corrected chi connectivity index (χ2v) is 11.7. The molecule has 3 heterocycles. The van der Waals surface area contributed by atoms with Gasteiger partial charge in [-0.3, -0.25) is 9.59 Å². The molecule has 3 aliphatic rings. The Morgan fingerprint density at radius 3 is 2.69 bits per heavy atom. The summed E-state index contributed by atoms with van der Waals surface area (Å²) >= 11 is 6.88. The van der Waals surface area contributed by atoms with Gasteiger partial charge in [0.05, 0.1) is 30.3 Å². The molecule has 35 heavy (non-hydrogen) atoms. The molecule has 4 rings (SSSR count). The molecule has 0 spiro atoms. The summed E-state index contributed by atoms with van der Waals surface area (Å²) in [5, 5.41) is 21.4. The topological polar surface area (TPSA) is 114 Å². The van der Waals surface area contributed by atoms with E-state index in [0.29, 0.717) is 23.3 Å². The molecule has 10 heteroatoms. The van der Waals surface area contributed by atoms with Crippen molar-refractivity contribution in [3.63, 3.8) is 0 Å². The number of fused-ring (bicyclic) bond motifs is 2. The predicted octanol–water partition coefficient (Wildman–Crippen LogP) is 3.87. The Bertz CT molecular complexity index is 1080. The van der Waals surface area contributed by atoms with E-state index in [1.807, 2.05) is 24.6 Å². The molecule has 1 fully saturated rings. The Hall–Kier alpha value is -1.33. The number of cyclic esters (lactones) is 1. The number of carbonyl (C=O) groups excluding carboxylic acids is 2. The molecule has 1 aliphatic carbocycles. The molecule has 0 amide bonds. The number of ether oxygens (including phenoxy) is 2. The number of aromatic nitrogens is 2. The van der Waals surface area contributed by atoms with Crippen LogP contribution in [0.1, 0.15) is 58.7 Å². The summed E-state index contributed by atoms with van der Waals surface area (Å²) in [6.45, 7) is 5.61. The van der Waals surface area contributed by atoms with Gasteiger partial charge in [-0.1, -0.05) is 13.0 Å². The quantitative estimate of drug-likeness (QED) is 0.383. The number of epoxide rings is 1. The number of hydrogen-bond donors (Lipinski definition) is 2. The summed E-state index contributed by atoms with van der Waals surface area (Å²) in [6, 6.07) is 0. The van der Waals surface area contributed by atoms with Crippen LogP contribution in [-0.4, -0.2) is 61.5 Å². The van der Waals surface area contributed by atoms with Crippen molar-refractivity contribution in [1.29, 1.82) is 0 Å². The number of esters is 1. The summed E-state index contributed by atoms with van der Waals surface area (Å²) in [5.41, 5.74) is 0.674. The van der Waals surface area contributed by atoms with Crippen LogP contribution in [0.15, 0.2) is 26.4 Å². The average molecular weight is 616 g/mol. The number of hydrogen-bond acceptors (Lipinski definition) is 7. The highest BCUT2D eigenvalue weighted by Gasteiger charge is 2.53. The van der Waals surface area contributed by atoms with E-state index in [1.54, 1.807) is 13.0 Å². The van der Waals surface area contributed by atoms with E-state index < -0.39 is 30.2 Å². The smallest absolute Gasteiger partial charge is 0.309 e.